The van der Waals surface area contributed by atoms with E-state index in [1.165, 1.54) is 19.1 Å². The number of halogens is 6. The third-order valence-electron chi connectivity index (χ3n) is 4.69. The van der Waals surface area contributed by atoms with Gasteiger partial charge in [-0.05, 0) is 30.2 Å². The smallest absolute Gasteiger partial charge is 0.259 e. The van der Waals surface area contributed by atoms with Crippen molar-refractivity contribution in [2.75, 3.05) is 6.61 Å². The summed E-state index contributed by atoms with van der Waals surface area (Å²) in [5.41, 5.74) is 1.03. The number of nitrogens with one attached hydrogen (secondary N) is 1. The number of hydrogen-bond donors (Lipinski definition) is 1. The number of rotatable bonds is 8. The highest BCUT2D eigenvalue weighted by Crippen LogP contribution is 2.59. The molecule has 10 heteroatoms. The Labute approximate surface area is 190 Å². The minimum Gasteiger partial charge on any atom is -0.324 e. The molecule has 0 aliphatic heterocycles. The lowest BCUT2D eigenvalue weighted by Gasteiger charge is -2.29. The van der Waals surface area contributed by atoms with Crippen molar-refractivity contribution in [1.29, 1.82) is 0 Å². The van der Waals surface area contributed by atoms with Crippen LogP contribution in [0.25, 0.3) is 0 Å². The predicted octanol–water partition coefficient (Wildman–Crippen LogP) is 6.57. The molecule has 32 heavy (non-hydrogen) atoms. The Kier molecular flexibility index (Phi) is 7.88. The second-order valence-corrected chi connectivity index (χ2v) is 10.1. The van der Waals surface area contributed by atoms with E-state index in [4.69, 9.17) is 4.52 Å². The van der Waals surface area contributed by atoms with Gasteiger partial charge >= 0.3 is 0 Å². The Morgan fingerprint density at radius 1 is 0.875 bits per heavy atom. The first-order chi connectivity index (χ1) is 15.2. The van der Waals surface area contributed by atoms with E-state index >= 15 is 0 Å². The third kappa shape index (κ3) is 4.81. The topological polar surface area (TPSA) is 38.3 Å². The van der Waals surface area contributed by atoms with E-state index in [0.717, 1.165) is 5.56 Å². The Morgan fingerprint density at radius 2 is 1.41 bits per heavy atom. The quantitative estimate of drug-likeness (QED) is 0.154. The lowest BCUT2D eigenvalue weighted by atomic mass is 10.2. The molecule has 3 aromatic carbocycles. The average Bonchev–Trinajstić information content (AvgIpc) is 2.78. The van der Waals surface area contributed by atoms with Crippen LogP contribution in [-0.4, -0.2) is 6.61 Å². The number of hydrogen-bond acceptors (Lipinski definition) is 3. The largest absolute Gasteiger partial charge is 0.324 e. The van der Waals surface area contributed by atoms with Gasteiger partial charge in [-0.2, -0.15) is 0 Å². The van der Waals surface area contributed by atoms with Gasteiger partial charge in [0, 0.05) is 11.0 Å². The summed E-state index contributed by atoms with van der Waals surface area (Å²) in [6.45, 7) is 1.21. The maximum Gasteiger partial charge on any atom is 0.259 e. The Morgan fingerprint density at radius 3 is 1.94 bits per heavy atom. The standard InChI is InChI=1S/C22H18BrF5NO2P/c1-2-31-32(30,21-19(27)17(25)16(24)18(26)20(21)28)22(14-8-10-15(23)11-9-14)29-12-13-6-4-3-5-7-13/h3-11,22,29H,2,12H2,1H3. The minimum absolute atomic E-state index is 0.0913. The molecule has 3 aromatic rings. The predicted molar refractivity (Wildman–Crippen MR) is 115 cm³/mol. The van der Waals surface area contributed by atoms with Crippen molar-refractivity contribution in [2.45, 2.75) is 19.3 Å². The van der Waals surface area contributed by atoms with Crippen molar-refractivity contribution in [1.82, 2.24) is 5.32 Å². The highest BCUT2D eigenvalue weighted by molar-refractivity contribution is 9.10. The normalized spacial score (nSPS) is 14.2. The van der Waals surface area contributed by atoms with Crippen LogP contribution in [0.5, 0.6) is 0 Å². The summed E-state index contributed by atoms with van der Waals surface area (Å²) in [4.78, 5) is 0. The van der Waals surface area contributed by atoms with Gasteiger partial charge < -0.3 is 4.52 Å². The molecule has 0 aliphatic carbocycles. The molecule has 2 unspecified atom stereocenters. The van der Waals surface area contributed by atoms with E-state index in [9.17, 15) is 26.5 Å². The van der Waals surface area contributed by atoms with Gasteiger partial charge in [0.1, 0.15) is 11.1 Å². The van der Waals surface area contributed by atoms with E-state index in [2.05, 4.69) is 21.2 Å². The summed E-state index contributed by atoms with van der Waals surface area (Å²) in [6, 6.07) is 15.1. The molecular formula is C22H18BrF5NO2P. The molecule has 0 heterocycles. The molecule has 0 fully saturated rings. The summed E-state index contributed by atoms with van der Waals surface area (Å²) in [5.74, 6) is -12.5. The molecule has 0 saturated heterocycles. The van der Waals surface area contributed by atoms with Gasteiger partial charge in [-0.3, -0.25) is 9.88 Å². The van der Waals surface area contributed by atoms with E-state index < -0.39 is 47.5 Å². The molecular weight excluding hydrogens is 516 g/mol. The van der Waals surface area contributed by atoms with Crippen LogP contribution in [0.1, 0.15) is 23.8 Å². The zero-order valence-electron chi connectivity index (χ0n) is 16.7. The molecule has 170 valence electrons. The second kappa shape index (κ2) is 10.3. The fourth-order valence-corrected chi connectivity index (χ4v) is 6.04. The monoisotopic (exact) mass is 533 g/mol. The fraction of sp³-hybridized carbons (Fsp3) is 0.182. The highest BCUT2D eigenvalue weighted by atomic mass is 79.9. The van der Waals surface area contributed by atoms with E-state index in [1.807, 2.05) is 0 Å². The summed E-state index contributed by atoms with van der Waals surface area (Å²) >= 11 is 3.27. The average molecular weight is 534 g/mol. The summed E-state index contributed by atoms with van der Waals surface area (Å²) in [7, 11) is -4.73. The zero-order chi connectivity index (χ0) is 23.5. The van der Waals surface area contributed by atoms with Crippen molar-refractivity contribution in [3.05, 3.63) is 99.3 Å². The first-order valence-corrected chi connectivity index (χ1v) is 12.0. The Hall–Kier alpha value is -2.06. The van der Waals surface area contributed by atoms with Crippen molar-refractivity contribution >= 4 is 28.6 Å². The summed E-state index contributed by atoms with van der Waals surface area (Å²) < 4.78 is 91.0. The molecule has 0 aliphatic rings. The van der Waals surface area contributed by atoms with Gasteiger partial charge in [0.15, 0.2) is 23.3 Å². The lowest BCUT2D eigenvalue weighted by Crippen LogP contribution is -2.31. The van der Waals surface area contributed by atoms with Crippen molar-refractivity contribution < 1.29 is 31.0 Å². The van der Waals surface area contributed by atoms with Gasteiger partial charge in [0.2, 0.25) is 5.82 Å². The first kappa shape index (κ1) is 24.6. The molecule has 0 spiro atoms. The van der Waals surface area contributed by atoms with Crippen molar-refractivity contribution in [3.8, 4) is 0 Å². The van der Waals surface area contributed by atoms with Crippen LogP contribution in [0.2, 0.25) is 0 Å². The number of benzene rings is 3. The molecule has 2 atom stereocenters. The van der Waals surface area contributed by atoms with Crippen LogP contribution in [0.15, 0.2) is 59.1 Å². The minimum atomic E-state index is -4.73. The van der Waals surface area contributed by atoms with Crippen LogP contribution >= 0.6 is 23.3 Å². The molecule has 1 N–H and O–H groups in total. The van der Waals surface area contributed by atoms with Crippen LogP contribution < -0.4 is 10.6 Å². The third-order valence-corrected chi connectivity index (χ3v) is 8.03. The SMILES string of the molecule is CCOP(=O)(c1c(F)c(F)c(F)c(F)c1F)C(NCc1ccccc1)c1ccc(Br)cc1. The van der Waals surface area contributed by atoms with Crippen LogP contribution in [0.3, 0.4) is 0 Å². The van der Waals surface area contributed by atoms with E-state index in [-0.39, 0.29) is 18.7 Å². The summed E-state index contributed by atoms with van der Waals surface area (Å²) in [6.07, 6.45) is 0. The fourth-order valence-electron chi connectivity index (χ4n) is 3.22. The molecule has 0 amide bonds. The maximum atomic E-state index is 14.7. The molecule has 3 nitrogen and oxygen atoms in total. The van der Waals surface area contributed by atoms with Gasteiger partial charge in [-0.25, -0.2) is 22.0 Å². The van der Waals surface area contributed by atoms with Crippen LogP contribution in [0, 0.1) is 29.1 Å². The van der Waals surface area contributed by atoms with Crippen molar-refractivity contribution in [3.63, 3.8) is 0 Å². The van der Waals surface area contributed by atoms with Gasteiger partial charge in [0.25, 0.3) is 7.37 Å². The molecule has 3 rings (SSSR count). The Bertz CT molecular complexity index is 1120. The molecule has 0 radical (unpaired) electrons. The lowest BCUT2D eigenvalue weighted by molar-refractivity contribution is 0.322. The molecule has 0 saturated carbocycles. The van der Waals surface area contributed by atoms with E-state index in [1.54, 1.807) is 42.5 Å². The van der Waals surface area contributed by atoms with Crippen LogP contribution in [0.4, 0.5) is 22.0 Å². The summed E-state index contributed by atoms with van der Waals surface area (Å²) in [5, 5.41) is 1.46. The van der Waals surface area contributed by atoms with Gasteiger partial charge in [0.05, 0.1) is 6.61 Å². The molecule has 0 aromatic heterocycles. The van der Waals surface area contributed by atoms with Crippen molar-refractivity contribution in [2.24, 2.45) is 0 Å². The molecule has 0 bridgehead atoms. The Balaban J connectivity index is 2.20. The van der Waals surface area contributed by atoms with Crippen LogP contribution in [-0.2, 0) is 15.6 Å². The van der Waals surface area contributed by atoms with Gasteiger partial charge in [-0.1, -0.05) is 58.4 Å². The van der Waals surface area contributed by atoms with Gasteiger partial charge in [-0.15, -0.1) is 0 Å². The first-order valence-electron chi connectivity index (χ1n) is 9.49. The second-order valence-electron chi connectivity index (χ2n) is 6.75. The maximum absolute atomic E-state index is 14.7. The highest BCUT2D eigenvalue weighted by Gasteiger charge is 2.44. The van der Waals surface area contributed by atoms with E-state index in [0.29, 0.717) is 4.47 Å². The zero-order valence-corrected chi connectivity index (χ0v) is 19.2.